The second kappa shape index (κ2) is 12.3. The van der Waals surface area contributed by atoms with Gasteiger partial charge in [0.05, 0.1) is 11.5 Å². The third-order valence-electron chi connectivity index (χ3n) is 4.18. The Morgan fingerprint density at radius 3 is 2.46 bits per heavy atom. The highest BCUT2D eigenvalue weighted by atomic mass is 127. The number of hydrogen-bond donors (Lipinski definition) is 3. The van der Waals surface area contributed by atoms with Crippen molar-refractivity contribution in [2.75, 3.05) is 47.4 Å². The minimum Gasteiger partial charge on any atom is -0.376 e. The van der Waals surface area contributed by atoms with Crippen molar-refractivity contribution in [3.8, 4) is 0 Å². The zero-order chi connectivity index (χ0) is 18.9. The molecule has 1 fully saturated rings. The van der Waals surface area contributed by atoms with Gasteiger partial charge in [0.25, 0.3) is 0 Å². The molecule has 0 radical (unpaired) electrons. The maximum atomic E-state index is 11.9. The largest absolute Gasteiger partial charge is 0.376 e. The first-order valence-corrected chi connectivity index (χ1v) is 8.82. The third-order valence-corrected chi connectivity index (χ3v) is 4.18. The SMILES string of the molecule is CNC(=O)C(C)(C)CNC(=NCC(=O)N(C)C)NCC1CCCCO1.I. The minimum atomic E-state index is -0.593. The van der Waals surface area contributed by atoms with Crippen molar-refractivity contribution in [3.63, 3.8) is 0 Å². The molecule has 1 heterocycles. The molecule has 152 valence electrons. The number of halogens is 1. The van der Waals surface area contributed by atoms with Crippen molar-refractivity contribution in [1.29, 1.82) is 0 Å². The van der Waals surface area contributed by atoms with E-state index in [1.165, 1.54) is 4.90 Å². The van der Waals surface area contributed by atoms with Crippen LogP contribution in [0.1, 0.15) is 33.1 Å². The van der Waals surface area contributed by atoms with Gasteiger partial charge in [-0.25, -0.2) is 4.99 Å². The van der Waals surface area contributed by atoms with Crippen LogP contribution in [-0.4, -0.2) is 76.2 Å². The van der Waals surface area contributed by atoms with Crippen LogP contribution in [0, 0.1) is 5.41 Å². The average molecular weight is 483 g/mol. The molecule has 3 N–H and O–H groups in total. The van der Waals surface area contributed by atoms with Crippen LogP contribution in [0.2, 0.25) is 0 Å². The van der Waals surface area contributed by atoms with Crippen LogP contribution in [0.3, 0.4) is 0 Å². The zero-order valence-corrected chi connectivity index (χ0v) is 18.9. The number of hydrogen-bond acceptors (Lipinski definition) is 4. The van der Waals surface area contributed by atoms with Crippen LogP contribution in [0.5, 0.6) is 0 Å². The molecular weight excluding hydrogens is 449 g/mol. The van der Waals surface area contributed by atoms with Gasteiger partial charge in [0.1, 0.15) is 6.54 Å². The van der Waals surface area contributed by atoms with Crippen molar-refractivity contribution in [2.45, 2.75) is 39.2 Å². The van der Waals surface area contributed by atoms with Crippen molar-refractivity contribution in [1.82, 2.24) is 20.9 Å². The van der Waals surface area contributed by atoms with Crippen molar-refractivity contribution in [2.24, 2.45) is 10.4 Å². The summed E-state index contributed by atoms with van der Waals surface area (Å²) in [7, 11) is 5.01. The van der Waals surface area contributed by atoms with Crippen LogP contribution < -0.4 is 16.0 Å². The van der Waals surface area contributed by atoms with Gasteiger partial charge < -0.3 is 25.6 Å². The van der Waals surface area contributed by atoms with E-state index in [0.29, 0.717) is 19.0 Å². The van der Waals surface area contributed by atoms with Gasteiger partial charge in [-0.15, -0.1) is 24.0 Å². The van der Waals surface area contributed by atoms with Crippen LogP contribution in [-0.2, 0) is 14.3 Å². The Morgan fingerprint density at radius 2 is 1.92 bits per heavy atom. The molecule has 1 rings (SSSR count). The Hall–Kier alpha value is -1.10. The number of nitrogens with zero attached hydrogens (tertiary/aromatic N) is 2. The molecule has 1 saturated heterocycles. The number of nitrogens with one attached hydrogen (secondary N) is 3. The van der Waals surface area contributed by atoms with Crippen molar-refractivity contribution in [3.05, 3.63) is 0 Å². The van der Waals surface area contributed by atoms with Crippen LogP contribution in [0.25, 0.3) is 0 Å². The molecule has 9 heteroatoms. The molecule has 26 heavy (non-hydrogen) atoms. The quantitative estimate of drug-likeness (QED) is 0.280. The number of carbonyl (C=O) groups excluding carboxylic acids is 2. The topological polar surface area (TPSA) is 95.1 Å². The molecule has 1 aliphatic heterocycles. The van der Waals surface area contributed by atoms with Gasteiger partial charge in [-0.1, -0.05) is 0 Å². The van der Waals surface area contributed by atoms with Gasteiger partial charge >= 0.3 is 0 Å². The molecule has 1 aliphatic rings. The minimum absolute atomic E-state index is 0. The normalized spacial score (nSPS) is 17.7. The molecule has 0 aromatic rings. The lowest BCUT2D eigenvalue weighted by molar-refractivity contribution is -0.128. The molecule has 0 spiro atoms. The first kappa shape index (κ1) is 24.9. The Balaban J connectivity index is 0.00000625. The smallest absolute Gasteiger partial charge is 0.243 e. The number of likely N-dealkylation sites (N-methyl/N-ethyl adjacent to an activating group) is 1. The molecule has 0 aromatic carbocycles. The maximum Gasteiger partial charge on any atom is 0.243 e. The molecule has 0 saturated carbocycles. The van der Waals surface area contributed by atoms with Crippen LogP contribution >= 0.6 is 24.0 Å². The second-order valence-electron chi connectivity index (χ2n) is 7.14. The van der Waals surface area contributed by atoms with Gasteiger partial charge in [0, 0.05) is 40.8 Å². The summed E-state index contributed by atoms with van der Waals surface area (Å²) in [6, 6.07) is 0. The lowest BCUT2D eigenvalue weighted by Crippen LogP contribution is -2.49. The van der Waals surface area contributed by atoms with Crippen LogP contribution in [0.4, 0.5) is 0 Å². The summed E-state index contributed by atoms with van der Waals surface area (Å²) in [5.41, 5.74) is -0.593. The number of ether oxygens (including phenoxy) is 1. The molecule has 1 unspecified atom stereocenters. The molecule has 1 atom stereocenters. The Morgan fingerprint density at radius 1 is 1.23 bits per heavy atom. The summed E-state index contributed by atoms with van der Waals surface area (Å²) in [6.45, 7) is 5.57. The predicted octanol–water partition coefficient (Wildman–Crippen LogP) is 0.569. The van der Waals surface area contributed by atoms with E-state index in [1.807, 2.05) is 13.8 Å². The summed E-state index contributed by atoms with van der Waals surface area (Å²) in [4.78, 5) is 29.5. The van der Waals surface area contributed by atoms with E-state index in [1.54, 1.807) is 21.1 Å². The first-order valence-electron chi connectivity index (χ1n) is 8.82. The van der Waals surface area contributed by atoms with Gasteiger partial charge in [0.2, 0.25) is 11.8 Å². The molecular formula is C17H34IN5O3. The highest BCUT2D eigenvalue weighted by molar-refractivity contribution is 14.0. The van der Waals surface area contributed by atoms with Gasteiger partial charge in [-0.05, 0) is 33.1 Å². The summed E-state index contributed by atoms with van der Waals surface area (Å²) in [5.74, 6) is 0.376. The summed E-state index contributed by atoms with van der Waals surface area (Å²) >= 11 is 0. The molecule has 0 bridgehead atoms. The molecule has 8 nitrogen and oxygen atoms in total. The van der Waals surface area contributed by atoms with Gasteiger partial charge in [-0.2, -0.15) is 0 Å². The van der Waals surface area contributed by atoms with E-state index in [0.717, 1.165) is 25.9 Å². The molecule has 2 amide bonds. The summed E-state index contributed by atoms with van der Waals surface area (Å²) < 4.78 is 5.71. The van der Waals surface area contributed by atoms with E-state index in [9.17, 15) is 9.59 Å². The Labute approximate surface area is 173 Å². The zero-order valence-electron chi connectivity index (χ0n) is 16.6. The fourth-order valence-corrected chi connectivity index (χ4v) is 2.36. The Bertz CT molecular complexity index is 477. The van der Waals surface area contributed by atoms with E-state index >= 15 is 0 Å². The fraction of sp³-hybridized carbons (Fsp3) is 0.824. The van der Waals surface area contributed by atoms with E-state index in [-0.39, 0.29) is 48.4 Å². The van der Waals surface area contributed by atoms with E-state index in [2.05, 4.69) is 20.9 Å². The lowest BCUT2D eigenvalue weighted by atomic mass is 9.92. The van der Waals surface area contributed by atoms with Crippen molar-refractivity contribution < 1.29 is 14.3 Å². The molecule has 0 aromatic heterocycles. The van der Waals surface area contributed by atoms with E-state index < -0.39 is 5.41 Å². The predicted molar refractivity (Wildman–Crippen MR) is 114 cm³/mol. The van der Waals surface area contributed by atoms with Crippen LogP contribution in [0.15, 0.2) is 4.99 Å². The highest BCUT2D eigenvalue weighted by Crippen LogP contribution is 2.13. The molecule has 0 aliphatic carbocycles. The lowest BCUT2D eigenvalue weighted by Gasteiger charge is -2.26. The summed E-state index contributed by atoms with van der Waals surface area (Å²) in [6.07, 6.45) is 3.43. The van der Waals surface area contributed by atoms with Crippen molar-refractivity contribution >= 4 is 41.8 Å². The number of aliphatic imine (C=N–C) groups is 1. The highest BCUT2D eigenvalue weighted by Gasteiger charge is 2.27. The maximum absolute atomic E-state index is 11.9. The summed E-state index contributed by atoms with van der Waals surface area (Å²) in [5, 5.41) is 9.04. The van der Waals surface area contributed by atoms with Gasteiger partial charge in [0.15, 0.2) is 5.96 Å². The third kappa shape index (κ3) is 9.02. The number of guanidine groups is 1. The number of rotatable bonds is 7. The number of carbonyl (C=O) groups is 2. The number of amides is 2. The Kier molecular flexibility index (Phi) is 11.8. The monoisotopic (exact) mass is 483 g/mol. The standard InChI is InChI=1S/C17H33N5O3.HI/c1-17(2,15(24)18-3)12-21-16(20-11-14(23)22(4)5)19-10-13-8-6-7-9-25-13;/h13H,6-12H2,1-5H3,(H,18,24)(H2,19,20,21);1H. The average Bonchev–Trinajstić information content (AvgIpc) is 2.60. The first-order chi connectivity index (χ1) is 11.8. The fourth-order valence-electron chi connectivity index (χ4n) is 2.36. The van der Waals surface area contributed by atoms with E-state index in [4.69, 9.17) is 4.74 Å². The van der Waals surface area contributed by atoms with Gasteiger partial charge in [-0.3, -0.25) is 9.59 Å². The second-order valence-corrected chi connectivity index (χ2v) is 7.14.